The van der Waals surface area contributed by atoms with Gasteiger partial charge in [0, 0.05) is 16.7 Å². The van der Waals surface area contributed by atoms with Crippen LogP contribution in [-0.2, 0) is 16.2 Å². The molecule has 3 N–H and O–H groups in total. The minimum Gasteiger partial charge on any atom is -0.482 e. The van der Waals surface area contributed by atoms with Crippen molar-refractivity contribution in [3.63, 3.8) is 0 Å². The van der Waals surface area contributed by atoms with Crippen LogP contribution >= 0.6 is 11.6 Å². The third-order valence-corrected chi connectivity index (χ3v) is 4.94. The van der Waals surface area contributed by atoms with Crippen molar-refractivity contribution >= 4 is 27.3 Å². The molecule has 3 rings (SSSR count). The van der Waals surface area contributed by atoms with E-state index < -0.39 is 27.9 Å². The molecule has 2 aromatic rings. The number of sulfonamides is 1. The Morgan fingerprint density at radius 2 is 1.92 bits per heavy atom. The van der Waals surface area contributed by atoms with Crippen LogP contribution < -0.4 is 15.2 Å². The van der Waals surface area contributed by atoms with Gasteiger partial charge in [-0.05, 0) is 24.3 Å². The van der Waals surface area contributed by atoms with Gasteiger partial charge in [0.2, 0.25) is 10.0 Å². The number of rotatable bonds is 2. The highest BCUT2D eigenvalue weighted by Crippen LogP contribution is 2.39. The maximum atomic E-state index is 12.7. The summed E-state index contributed by atoms with van der Waals surface area (Å²) in [6, 6.07) is 7.07. The first-order chi connectivity index (χ1) is 11.6. The largest absolute Gasteiger partial charge is 0.482 e. The van der Waals surface area contributed by atoms with Crippen molar-refractivity contribution in [2.45, 2.75) is 17.2 Å². The summed E-state index contributed by atoms with van der Waals surface area (Å²) in [4.78, 5) is -0.132. The van der Waals surface area contributed by atoms with Gasteiger partial charge in [-0.2, -0.15) is 13.2 Å². The number of alkyl halides is 3. The van der Waals surface area contributed by atoms with E-state index in [1.807, 2.05) is 0 Å². The second kappa shape index (κ2) is 6.08. The number of benzene rings is 2. The van der Waals surface area contributed by atoms with Crippen molar-refractivity contribution in [3.8, 4) is 5.75 Å². The van der Waals surface area contributed by atoms with Crippen LogP contribution in [0.3, 0.4) is 0 Å². The van der Waals surface area contributed by atoms with Crippen LogP contribution in [0.25, 0.3) is 0 Å². The van der Waals surface area contributed by atoms with Crippen molar-refractivity contribution in [1.29, 1.82) is 0 Å². The molecule has 0 saturated heterocycles. The summed E-state index contributed by atoms with van der Waals surface area (Å²) in [6.45, 7) is 0.257. The maximum Gasteiger partial charge on any atom is 0.416 e. The molecule has 0 aliphatic carbocycles. The van der Waals surface area contributed by atoms with Gasteiger partial charge in [0.15, 0.2) is 0 Å². The van der Waals surface area contributed by atoms with Gasteiger partial charge >= 0.3 is 6.18 Å². The van der Waals surface area contributed by atoms with Gasteiger partial charge in [-0.3, -0.25) is 0 Å². The monoisotopic (exact) mass is 392 g/mol. The summed E-state index contributed by atoms with van der Waals surface area (Å²) >= 11 is 5.98. The number of nitrogens with two attached hydrogens (primary N) is 1. The predicted molar refractivity (Wildman–Crippen MR) is 86.1 cm³/mol. The van der Waals surface area contributed by atoms with E-state index in [2.05, 4.69) is 5.32 Å². The molecule has 25 heavy (non-hydrogen) atoms. The van der Waals surface area contributed by atoms with E-state index in [1.54, 1.807) is 0 Å². The highest BCUT2D eigenvalue weighted by atomic mass is 35.5. The zero-order chi connectivity index (χ0) is 18.4. The number of hydrogen-bond donors (Lipinski definition) is 2. The van der Waals surface area contributed by atoms with E-state index in [9.17, 15) is 21.6 Å². The Kier molecular flexibility index (Phi) is 4.34. The van der Waals surface area contributed by atoms with Crippen molar-refractivity contribution in [2.24, 2.45) is 5.14 Å². The van der Waals surface area contributed by atoms with Crippen LogP contribution in [-0.4, -0.2) is 15.0 Å². The van der Waals surface area contributed by atoms with E-state index in [0.29, 0.717) is 11.3 Å². The topological polar surface area (TPSA) is 81.4 Å². The fraction of sp³-hybridized carbons (Fsp3) is 0.200. The number of nitrogens with one attached hydrogen (secondary N) is 1. The lowest BCUT2D eigenvalue weighted by molar-refractivity contribution is -0.137. The van der Waals surface area contributed by atoms with Crippen LogP contribution in [0.4, 0.5) is 18.9 Å². The highest BCUT2D eigenvalue weighted by Gasteiger charge is 2.32. The van der Waals surface area contributed by atoms with E-state index in [4.69, 9.17) is 21.5 Å². The summed E-state index contributed by atoms with van der Waals surface area (Å²) in [5, 5.41) is 8.02. The molecule has 1 aliphatic heterocycles. The lowest BCUT2D eigenvalue weighted by Gasteiger charge is -2.28. The first kappa shape index (κ1) is 17.8. The molecule has 0 fully saturated rings. The summed E-state index contributed by atoms with van der Waals surface area (Å²) in [7, 11) is -3.91. The molecular weight excluding hydrogens is 381 g/mol. The number of ether oxygens (including phenoxy) is 1. The average molecular weight is 393 g/mol. The fourth-order valence-electron chi connectivity index (χ4n) is 2.46. The Hall–Kier alpha value is -1.97. The number of hydrogen-bond acceptors (Lipinski definition) is 4. The molecule has 2 aromatic carbocycles. The van der Waals surface area contributed by atoms with Gasteiger partial charge in [-0.25, -0.2) is 13.6 Å². The molecule has 1 aliphatic rings. The molecule has 0 amide bonds. The minimum absolute atomic E-state index is 0.0901. The van der Waals surface area contributed by atoms with Crippen molar-refractivity contribution < 1.29 is 26.3 Å². The van der Waals surface area contributed by atoms with E-state index in [-0.39, 0.29) is 22.2 Å². The predicted octanol–water partition coefficient (Wildman–Crippen LogP) is 3.55. The molecule has 0 bridgehead atoms. The normalized spacial score (nSPS) is 17.4. The zero-order valence-electron chi connectivity index (χ0n) is 12.5. The quantitative estimate of drug-likeness (QED) is 0.819. The second-order valence-electron chi connectivity index (χ2n) is 5.42. The zero-order valence-corrected chi connectivity index (χ0v) is 14.0. The molecule has 134 valence electrons. The first-order valence-corrected chi connectivity index (χ1v) is 8.92. The van der Waals surface area contributed by atoms with Crippen LogP contribution in [0.1, 0.15) is 17.2 Å². The average Bonchev–Trinajstić information content (AvgIpc) is 2.52. The molecular formula is C15H12ClF3N2O3S. The highest BCUT2D eigenvalue weighted by molar-refractivity contribution is 7.89. The first-order valence-electron chi connectivity index (χ1n) is 7.00. The second-order valence-corrected chi connectivity index (χ2v) is 7.39. The van der Waals surface area contributed by atoms with Crippen molar-refractivity contribution in [3.05, 3.63) is 52.5 Å². The van der Waals surface area contributed by atoms with Crippen LogP contribution in [0.15, 0.2) is 41.3 Å². The van der Waals surface area contributed by atoms with Crippen LogP contribution in [0.5, 0.6) is 5.75 Å². The molecule has 0 spiro atoms. The molecule has 0 saturated carbocycles. The molecule has 1 heterocycles. The SMILES string of the molecule is NS(=O)(=O)c1ccc2c(c1)OC(c1ccc(C(F)(F)F)cc1Cl)CN2. The van der Waals surface area contributed by atoms with Crippen molar-refractivity contribution in [1.82, 2.24) is 0 Å². The lowest BCUT2D eigenvalue weighted by atomic mass is 10.0. The Bertz CT molecular complexity index is 932. The van der Waals surface area contributed by atoms with Gasteiger partial charge in [0.25, 0.3) is 0 Å². The molecule has 0 aromatic heterocycles. The molecule has 1 unspecified atom stereocenters. The van der Waals surface area contributed by atoms with Crippen LogP contribution in [0, 0.1) is 0 Å². The summed E-state index contributed by atoms with van der Waals surface area (Å²) in [5.74, 6) is 0.221. The summed E-state index contributed by atoms with van der Waals surface area (Å²) in [5.41, 5.74) is 0.0439. The van der Waals surface area contributed by atoms with Crippen LogP contribution in [0.2, 0.25) is 5.02 Å². The number of halogens is 4. The Morgan fingerprint density at radius 3 is 2.52 bits per heavy atom. The van der Waals surface area contributed by atoms with Gasteiger partial charge < -0.3 is 10.1 Å². The number of anilines is 1. The lowest BCUT2D eigenvalue weighted by Crippen LogP contribution is -2.24. The molecule has 1 atom stereocenters. The van der Waals surface area contributed by atoms with Gasteiger partial charge in [0.1, 0.15) is 11.9 Å². The third-order valence-electron chi connectivity index (χ3n) is 3.70. The smallest absolute Gasteiger partial charge is 0.416 e. The van der Waals surface area contributed by atoms with Crippen molar-refractivity contribution in [2.75, 3.05) is 11.9 Å². The van der Waals surface area contributed by atoms with Gasteiger partial charge in [0.05, 0.1) is 22.7 Å². The Labute approximate surface area is 146 Å². The molecule has 10 heteroatoms. The Balaban J connectivity index is 1.92. The maximum absolute atomic E-state index is 12.7. The fourth-order valence-corrected chi connectivity index (χ4v) is 3.29. The standard InChI is InChI=1S/C15H12ClF3N2O3S/c16-11-5-8(15(17,18)19)1-3-10(11)14-7-21-12-4-2-9(25(20,22)23)6-13(12)24-14/h1-6,14,21H,7H2,(H2,20,22,23). The third kappa shape index (κ3) is 3.68. The van der Waals surface area contributed by atoms with E-state index >= 15 is 0 Å². The van der Waals surface area contributed by atoms with Gasteiger partial charge in [-0.15, -0.1) is 0 Å². The summed E-state index contributed by atoms with van der Waals surface area (Å²) < 4.78 is 66.7. The molecule has 0 radical (unpaired) electrons. The minimum atomic E-state index is -4.50. The Morgan fingerprint density at radius 1 is 1.20 bits per heavy atom. The van der Waals surface area contributed by atoms with E-state index in [0.717, 1.165) is 12.1 Å². The number of fused-ring (bicyclic) bond motifs is 1. The van der Waals surface area contributed by atoms with Gasteiger partial charge in [-0.1, -0.05) is 17.7 Å². The number of primary sulfonamides is 1. The summed E-state index contributed by atoms with van der Waals surface area (Å²) in [6.07, 6.45) is -5.18. The van der Waals surface area contributed by atoms with E-state index in [1.165, 1.54) is 24.3 Å². The molecule has 5 nitrogen and oxygen atoms in total.